The molecule has 3 aromatic carbocycles. The average Bonchev–Trinajstić information content (AvgIpc) is 3.03. The third-order valence-electron chi connectivity index (χ3n) is 7.99. The van der Waals surface area contributed by atoms with E-state index in [0.29, 0.717) is 13.0 Å². The summed E-state index contributed by atoms with van der Waals surface area (Å²) < 4.78 is 15.5. The number of nitrogens with two attached hydrogens (primary N) is 1. The molecule has 1 aliphatic heterocycles. The lowest BCUT2D eigenvalue weighted by Crippen LogP contribution is -2.47. The van der Waals surface area contributed by atoms with Gasteiger partial charge in [0.25, 0.3) is 0 Å². The number of hydrogen-bond acceptors (Lipinski definition) is 7. The minimum Gasteiger partial charge on any atom is -0.384 e. The van der Waals surface area contributed by atoms with E-state index in [4.69, 9.17) is 15.4 Å². The number of rotatable bonds is 15. The number of para-hydroxylation sites is 1. The molecule has 5 N–H and O–H groups in total. The first-order valence-electron chi connectivity index (χ1n) is 15.4. The van der Waals surface area contributed by atoms with E-state index in [2.05, 4.69) is 91.7 Å². The van der Waals surface area contributed by atoms with Crippen LogP contribution < -0.4 is 16.1 Å². The van der Waals surface area contributed by atoms with Gasteiger partial charge < -0.3 is 25.3 Å². The van der Waals surface area contributed by atoms with Crippen molar-refractivity contribution >= 4 is 41.0 Å². The van der Waals surface area contributed by atoms with Crippen LogP contribution in [0, 0.1) is 0 Å². The summed E-state index contributed by atoms with van der Waals surface area (Å²) in [5.74, 6) is -0.0819. The molecule has 1 aliphatic rings. The van der Waals surface area contributed by atoms with Gasteiger partial charge in [-0.3, -0.25) is 9.32 Å². The fourth-order valence-corrected chi connectivity index (χ4v) is 6.02. The zero-order valence-corrected chi connectivity index (χ0v) is 26.1. The number of fused-ring (bicyclic) bond motifs is 2. The van der Waals surface area contributed by atoms with Crippen LogP contribution in [-0.2, 0) is 13.9 Å². The Morgan fingerprint density at radius 1 is 0.886 bits per heavy atom. The zero-order chi connectivity index (χ0) is 30.8. The van der Waals surface area contributed by atoms with Gasteiger partial charge in [-0.15, -0.1) is 0 Å². The van der Waals surface area contributed by atoms with Crippen LogP contribution >= 0.6 is 7.75 Å². The lowest BCUT2D eigenvalue weighted by molar-refractivity contribution is -0.121. The third-order valence-corrected chi connectivity index (χ3v) is 8.54. The summed E-state index contributed by atoms with van der Waals surface area (Å²) in [6, 6.07) is 25.4. The largest absolute Gasteiger partial charge is 0.400 e. The number of amides is 1. The second kappa shape index (κ2) is 15.6. The van der Waals surface area contributed by atoms with E-state index in [1.165, 1.54) is 10.8 Å². The standard InChI is InChI=1S/C33H43N6O4P/c34-44(41,42)43-23-5-12-33(40)36-16-7-18-39-21-19-38(20-22-39)17-6-15-35-32-25-31(37-30-11-4-3-10-29(30)32)28-14-13-26-8-1-2-9-27(26)24-28/h1-4,8-11,13-14,24-25H,5-7,12,15-23H2,(H,35,37)(H,36,40)(H3,34,41,42). The van der Waals surface area contributed by atoms with Crippen molar-refractivity contribution in [2.45, 2.75) is 25.7 Å². The third kappa shape index (κ3) is 9.56. The first-order valence-corrected chi connectivity index (χ1v) is 17.1. The first kappa shape index (κ1) is 32.0. The van der Waals surface area contributed by atoms with Gasteiger partial charge in [0.2, 0.25) is 5.91 Å². The van der Waals surface area contributed by atoms with Gasteiger partial charge in [0.15, 0.2) is 0 Å². The molecule has 0 radical (unpaired) electrons. The van der Waals surface area contributed by atoms with E-state index in [0.717, 1.165) is 86.5 Å². The summed E-state index contributed by atoms with van der Waals surface area (Å²) in [5, 5.41) is 10.2. The summed E-state index contributed by atoms with van der Waals surface area (Å²) in [6.45, 7) is 7.66. The maximum atomic E-state index is 11.9. The van der Waals surface area contributed by atoms with Gasteiger partial charge in [-0.1, -0.05) is 54.6 Å². The molecule has 1 fully saturated rings. The molecular formula is C33H43N6O4P. The monoisotopic (exact) mass is 618 g/mol. The molecule has 0 spiro atoms. The molecule has 44 heavy (non-hydrogen) atoms. The van der Waals surface area contributed by atoms with Gasteiger partial charge in [-0.2, -0.15) is 0 Å². The highest BCUT2D eigenvalue weighted by Crippen LogP contribution is 2.31. The molecule has 1 unspecified atom stereocenters. The summed E-state index contributed by atoms with van der Waals surface area (Å²) >= 11 is 0. The molecule has 10 nitrogen and oxygen atoms in total. The highest BCUT2D eigenvalue weighted by molar-refractivity contribution is 7.50. The second-order valence-electron chi connectivity index (χ2n) is 11.3. The van der Waals surface area contributed by atoms with Gasteiger partial charge in [0, 0.05) is 62.3 Å². The number of nitrogens with zero attached hydrogens (tertiary/aromatic N) is 3. The Morgan fingerprint density at radius 2 is 1.57 bits per heavy atom. The van der Waals surface area contributed by atoms with Crippen LogP contribution in [0.2, 0.25) is 0 Å². The van der Waals surface area contributed by atoms with Gasteiger partial charge in [-0.25, -0.2) is 15.1 Å². The van der Waals surface area contributed by atoms with E-state index in [-0.39, 0.29) is 18.9 Å². The SMILES string of the molecule is NP(=O)(O)OCCCC(=O)NCCCN1CCN(CCCNc2cc(-c3ccc4ccccc4c3)nc3ccccc23)CC1. The predicted molar refractivity (Wildman–Crippen MR) is 177 cm³/mol. The van der Waals surface area contributed by atoms with Gasteiger partial charge in [0.05, 0.1) is 17.8 Å². The molecule has 0 bridgehead atoms. The zero-order valence-electron chi connectivity index (χ0n) is 25.2. The summed E-state index contributed by atoms with van der Waals surface area (Å²) in [4.78, 5) is 30.8. The normalized spacial score (nSPS) is 15.8. The average molecular weight is 619 g/mol. The topological polar surface area (TPSA) is 133 Å². The molecule has 4 aromatic rings. The maximum Gasteiger partial charge on any atom is 0.400 e. The van der Waals surface area contributed by atoms with Crippen molar-refractivity contribution in [3.05, 3.63) is 72.8 Å². The van der Waals surface area contributed by atoms with Gasteiger partial charge >= 0.3 is 7.75 Å². The molecule has 11 heteroatoms. The summed E-state index contributed by atoms with van der Waals surface area (Å²) in [6.07, 6.45) is 2.55. The van der Waals surface area contributed by atoms with Crippen molar-refractivity contribution in [2.75, 3.05) is 64.3 Å². The molecule has 1 amide bonds. The van der Waals surface area contributed by atoms with E-state index < -0.39 is 7.75 Å². The molecular weight excluding hydrogens is 575 g/mol. The van der Waals surface area contributed by atoms with E-state index in [9.17, 15) is 9.36 Å². The Bertz CT molecular complexity index is 1590. The minimum absolute atomic E-state index is 0.00824. The Balaban J connectivity index is 1.02. The number of benzene rings is 3. The summed E-state index contributed by atoms with van der Waals surface area (Å²) in [7, 11) is -3.96. The fourth-order valence-electron chi connectivity index (χ4n) is 5.63. The molecule has 1 aromatic heterocycles. The quantitative estimate of drug-likeness (QED) is 0.109. The van der Waals surface area contributed by atoms with Crippen molar-refractivity contribution in [1.29, 1.82) is 0 Å². The molecule has 0 saturated carbocycles. The van der Waals surface area contributed by atoms with Crippen LogP contribution in [0.5, 0.6) is 0 Å². The van der Waals surface area contributed by atoms with Crippen molar-refractivity contribution in [1.82, 2.24) is 20.1 Å². The number of hydrogen-bond donors (Lipinski definition) is 4. The Kier molecular flexibility index (Phi) is 11.3. The highest BCUT2D eigenvalue weighted by Gasteiger charge is 2.16. The van der Waals surface area contributed by atoms with Crippen molar-refractivity contribution < 1.29 is 18.8 Å². The number of piperazine rings is 1. The lowest BCUT2D eigenvalue weighted by Gasteiger charge is -2.34. The lowest BCUT2D eigenvalue weighted by atomic mass is 10.0. The maximum absolute atomic E-state index is 11.9. The number of anilines is 1. The Labute approximate surface area is 259 Å². The second-order valence-corrected chi connectivity index (χ2v) is 12.7. The van der Waals surface area contributed by atoms with Gasteiger partial charge in [-0.05, 0) is 61.3 Å². The fraction of sp³-hybridized carbons (Fsp3) is 0.394. The Morgan fingerprint density at radius 3 is 2.32 bits per heavy atom. The molecule has 234 valence electrons. The number of carbonyl (C=O) groups excluding carboxylic acids is 1. The summed E-state index contributed by atoms with van der Waals surface area (Å²) in [5.41, 5.74) is 9.12. The number of aromatic nitrogens is 1. The van der Waals surface area contributed by atoms with Crippen LogP contribution in [0.25, 0.3) is 32.9 Å². The van der Waals surface area contributed by atoms with E-state index in [1.54, 1.807) is 0 Å². The van der Waals surface area contributed by atoms with Crippen LogP contribution in [0.1, 0.15) is 25.7 Å². The van der Waals surface area contributed by atoms with Crippen LogP contribution in [0.15, 0.2) is 72.8 Å². The molecule has 2 heterocycles. The molecule has 1 saturated heterocycles. The first-order chi connectivity index (χ1) is 21.3. The van der Waals surface area contributed by atoms with Crippen LogP contribution in [-0.4, -0.2) is 84.5 Å². The number of carbonyl (C=O) groups is 1. The molecule has 5 rings (SSSR count). The van der Waals surface area contributed by atoms with Crippen molar-refractivity contribution in [3.8, 4) is 11.3 Å². The van der Waals surface area contributed by atoms with Crippen molar-refractivity contribution in [3.63, 3.8) is 0 Å². The van der Waals surface area contributed by atoms with Gasteiger partial charge in [0.1, 0.15) is 0 Å². The minimum atomic E-state index is -3.96. The smallest absolute Gasteiger partial charge is 0.384 e. The van der Waals surface area contributed by atoms with Crippen LogP contribution in [0.3, 0.4) is 0 Å². The van der Waals surface area contributed by atoms with Crippen LogP contribution in [0.4, 0.5) is 5.69 Å². The highest BCUT2D eigenvalue weighted by atomic mass is 31.2. The number of nitrogens with one attached hydrogen (secondary N) is 2. The van der Waals surface area contributed by atoms with Crippen molar-refractivity contribution in [2.24, 2.45) is 5.50 Å². The van der Waals surface area contributed by atoms with E-state index in [1.807, 2.05) is 6.07 Å². The number of pyridine rings is 1. The molecule has 0 aliphatic carbocycles. The molecule has 1 atom stereocenters. The Hall–Kier alpha value is -3.37. The van der Waals surface area contributed by atoms with E-state index >= 15 is 0 Å². The predicted octanol–water partition coefficient (Wildman–Crippen LogP) is 4.84.